The molecule has 4 rings (SSSR count). The SMILES string of the molecule is CCCOC(=O)C(C)(CCCN1CCN(c2ccc(-c3ccccc3OC)cc2)CC1)c1ccccc1. The van der Waals surface area contributed by atoms with Crippen LogP contribution in [0.3, 0.4) is 0 Å². The second kappa shape index (κ2) is 12.8. The fraction of sp³-hybridized carbons (Fsp3) is 0.406. The molecule has 0 aliphatic carbocycles. The molecule has 3 aromatic rings. The summed E-state index contributed by atoms with van der Waals surface area (Å²) in [5, 5.41) is 0. The summed E-state index contributed by atoms with van der Waals surface area (Å²) in [6, 6.07) is 27.0. The third-order valence-corrected chi connectivity index (χ3v) is 7.47. The van der Waals surface area contributed by atoms with Crippen molar-refractivity contribution in [2.24, 2.45) is 0 Å². The van der Waals surface area contributed by atoms with Gasteiger partial charge in [-0.2, -0.15) is 0 Å². The number of benzene rings is 3. The molecule has 1 heterocycles. The molecule has 0 N–H and O–H groups in total. The van der Waals surface area contributed by atoms with Crippen LogP contribution in [0.5, 0.6) is 5.75 Å². The van der Waals surface area contributed by atoms with E-state index < -0.39 is 5.41 Å². The van der Waals surface area contributed by atoms with Crippen molar-refractivity contribution in [2.45, 2.75) is 38.5 Å². The second-order valence-corrected chi connectivity index (χ2v) is 10.0. The van der Waals surface area contributed by atoms with Crippen molar-refractivity contribution in [3.8, 4) is 16.9 Å². The second-order valence-electron chi connectivity index (χ2n) is 10.0. The first-order valence-corrected chi connectivity index (χ1v) is 13.5. The molecule has 1 aliphatic rings. The van der Waals surface area contributed by atoms with E-state index in [-0.39, 0.29) is 5.97 Å². The number of carbonyl (C=O) groups excluding carboxylic acids is 1. The molecule has 0 saturated carbocycles. The average Bonchev–Trinajstić information content (AvgIpc) is 2.96. The first-order valence-electron chi connectivity index (χ1n) is 13.5. The maximum Gasteiger partial charge on any atom is 0.316 e. The van der Waals surface area contributed by atoms with Gasteiger partial charge in [-0.15, -0.1) is 0 Å². The normalized spacial score (nSPS) is 15.7. The Morgan fingerprint density at radius 3 is 2.24 bits per heavy atom. The van der Waals surface area contributed by atoms with Gasteiger partial charge in [-0.05, 0) is 62.1 Å². The van der Waals surface area contributed by atoms with Gasteiger partial charge < -0.3 is 14.4 Å². The molecule has 1 fully saturated rings. The Balaban J connectivity index is 1.30. The van der Waals surface area contributed by atoms with Gasteiger partial charge in [-0.1, -0.05) is 67.6 Å². The molecule has 3 aromatic carbocycles. The maximum absolute atomic E-state index is 13.0. The van der Waals surface area contributed by atoms with Gasteiger partial charge in [-0.25, -0.2) is 0 Å². The molecule has 0 aromatic heterocycles. The molecule has 5 nitrogen and oxygen atoms in total. The molecule has 1 unspecified atom stereocenters. The third kappa shape index (κ3) is 6.53. The number of para-hydroxylation sites is 1. The van der Waals surface area contributed by atoms with Crippen LogP contribution in [-0.2, 0) is 14.9 Å². The zero-order chi connectivity index (χ0) is 26.1. The van der Waals surface area contributed by atoms with Crippen molar-refractivity contribution in [3.05, 3.63) is 84.4 Å². The molecule has 0 spiro atoms. The van der Waals surface area contributed by atoms with E-state index in [1.807, 2.05) is 62.4 Å². The number of methoxy groups -OCH3 is 1. The lowest BCUT2D eigenvalue weighted by Gasteiger charge is -2.37. The molecule has 196 valence electrons. The van der Waals surface area contributed by atoms with Gasteiger partial charge in [0.1, 0.15) is 5.75 Å². The molecule has 0 bridgehead atoms. The molecule has 0 amide bonds. The zero-order valence-electron chi connectivity index (χ0n) is 22.5. The van der Waals surface area contributed by atoms with E-state index in [0.717, 1.165) is 68.9 Å². The van der Waals surface area contributed by atoms with Crippen molar-refractivity contribution >= 4 is 11.7 Å². The first kappa shape index (κ1) is 26.7. The molecule has 1 atom stereocenters. The van der Waals surface area contributed by atoms with Gasteiger partial charge >= 0.3 is 5.97 Å². The van der Waals surface area contributed by atoms with E-state index in [2.05, 4.69) is 40.1 Å². The van der Waals surface area contributed by atoms with E-state index in [1.165, 1.54) is 11.3 Å². The number of esters is 1. The van der Waals surface area contributed by atoms with Crippen LogP contribution in [0, 0.1) is 0 Å². The predicted molar refractivity (Wildman–Crippen MR) is 151 cm³/mol. The highest BCUT2D eigenvalue weighted by Gasteiger charge is 2.36. The van der Waals surface area contributed by atoms with Crippen LogP contribution in [0.25, 0.3) is 11.1 Å². The van der Waals surface area contributed by atoms with Crippen LogP contribution >= 0.6 is 0 Å². The number of hydrogen-bond acceptors (Lipinski definition) is 5. The third-order valence-electron chi connectivity index (χ3n) is 7.47. The molecule has 1 saturated heterocycles. The molecule has 0 radical (unpaired) electrons. The van der Waals surface area contributed by atoms with Crippen molar-refractivity contribution < 1.29 is 14.3 Å². The largest absolute Gasteiger partial charge is 0.496 e. The highest BCUT2D eigenvalue weighted by atomic mass is 16.5. The summed E-state index contributed by atoms with van der Waals surface area (Å²) in [4.78, 5) is 18.0. The molecule has 37 heavy (non-hydrogen) atoms. The summed E-state index contributed by atoms with van der Waals surface area (Å²) in [5.41, 5.74) is 3.97. The Morgan fingerprint density at radius 1 is 0.892 bits per heavy atom. The summed E-state index contributed by atoms with van der Waals surface area (Å²) in [7, 11) is 1.72. The van der Waals surface area contributed by atoms with Crippen LogP contribution < -0.4 is 9.64 Å². The van der Waals surface area contributed by atoms with Gasteiger partial charge in [0.25, 0.3) is 0 Å². The zero-order valence-corrected chi connectivity index (χ0v) is 22.5. The van der Waals surface area contributed by atoms with Gasteiger partial charge in [-0.3, -0.25) is 9.69 Å². The minimum atomic E-state index is -0.610. The number of ether oxygens (including phenoxy) is 2. The fourth-order valence-electron chi connectivity index (χ4n) is 5.15. The van der Waals surface area contributed by atoms with Crippen LogP contribution in [0.4, 0.5) is 5.69 Å². The summed E-state index contributed by atoms with van der Waals surface area (Å²) >= 11 is 0. The summed E-state index contributed by atoms with van der Waals surface area (Å²) in [6.07, 6.45) is 2.58. The number of carbonyl (C=O) groups is 1. The molecule has 1 aliphatic heterocycles. The van der Waals surface area contributed by atoms with Crippen LogP contribution in [-0.4, -0.2) is 57.3 Å². The van der Waals surface area contributed by atoms with E-state index in [9.17, 15) is 4.79 Å². The number of piperazine rings is 1. The number of rotatable bonds is 11. The summed E-state index contributed by atoms with van der Waals surface area (Å²) in [6.45, 7) is 9.58. The highest BCUT2D eigenvalue weighted by Crippen LogP contribution is 2.32. The van der Waals surface area contributed by atoms with Crippen molar-refractivity contribution in [1.82, 2.24) is 4.90 Å². The summed E-state index contributed by atoms with van der Waals surface area (Å²) in [5.74, 6) is 0.785. The van der Waals surface area contributed by atoms with Crippen LogP contribution in [0.1, 0.15) is 38.7 Å². The molecule has 5 heteroatoms. The lowest BCUT2D eigenvalue weighted by Crippen LogP contribution is -2.47. The fourth-order valence-corrected chi connectivity index (χ4v) is 5.15. The average molecular weight is 501 g/mol. The Kier molecular flexibility index (Phi) is 9.24. The van der Waals surface area contributed by atoms with Gasteiger partial charge in [0.05, 0.1) is 19.1 Å². The van der Waals surface area contributed by atoms with E-state index >= 15 is 0 Å². The number of nitrogens with zero attached hydrogens (tertiary/aromatic N) is 2. The first-order chi connectivity index (χ1) is 18.0. The van der Waals surface area contributed by atoms with E-state index in [4.69, 9.17) is 9.47 Å². The predicted octanol–water partition coefficient (Wildman–Crippen LogP) is 6.18. The van der Waals surface area contributed by atoms with Gasteiger partial charge in [0, 0.05) is 37.4 Å². The van der Waals surface area contributed by atoms with Crippen molar-refractivity contribution in [1.29, 1.82) is 0 Å². The highest BCUT2D eigenvalue weighted by molar-refractivity contribution is 5.82. The lowest BCUT2D eigenvalue weighted by molar-refractivity contribution is -0.150. The quantitative estimate of drug-likeness (QED) is 0.294. The maximum atomic E-state index is 13.0. The Bertz CT molecular complexity index is 1120. The van der Waals surface area contributed by atoms with Gasteiger partial charge in [0.15, 0.2) is 0 Å². The van der Waals surface area contributed by atoms with Crippen molar-refractivity contribution in [2.75, 3.05) is 51.3 Å². The molecular weight excluding hydrogens is 460 g/mol. The number of hydrogen-bond donors (Lipinski definition) is 0. The standard InChI is InChI=1S/C32H40N2O3/c1-4-25-37-31(35)32(2,27-11-6-5-7-12-27)19-10-20-33-21-23-34(24-22-33)28-17-15-26(16-18-28)29-13-8-9-14-30(29)36-3/h5-9,11-18H,4,10,19-25H2,1-3H3. The number of anilines is 1. The Morgan fingerprint density at radius 2 is 1.57 bits per heavy atom. The summed E-state index contributed by atoms with van der Waals surface area (Å²) < 4.78 is 11.1. The van der Waals surface area contributed by atoms with Crippen molar-refractivity contribution in [3.63, 3.8) is 0 Å². The minimum absolute atomic E-state index is 0.109. The van der Waals surface area contributed by atoms with Gasteiger partial charge in [0.2, 0.25) is 0 Å². The van der Waals surface area contributed by atoms with E-state index in [0.29, 0.717) is 6.61 Å². The smallest absolute Gasteiger partial charge is 0.316 e. The monoisotopic (exact) mass is 500 g/mol. The van der Waals surface area contributed by atoms with Crippen LogP contribution in [0.2, 0.25) is 0 Å². The van der Waals surface area contributed by atoms with E-state index in [1.54, 1.807) is 7.11 Å². The minimum Gasteiger partial charge on any atom is -0.496 e. The Hall–Kier alpha value is -3.31. The van der Waals surface area contributed by atoms with Crippen LogP contribution in [0.15, 0.2) is 78.9 Å². The lowest BCUT2D eigenvalue weighted by atomic mass is 9.78. The molecular formula is C32H40N2O3. The Labute approximate surface area is 222 Å². The topological polar surface area (TPSA) is 42.0 Å².